The number of nitrogens with one attached hydrogen (secondary N) is 1. The van der Waals surface area contributed by atoms with Crippen LogP contribution in [0.4, 0.5) is 5.69 Å². The van der Waals surface area contributed by atoms with Crippen molar-refractivity contribution in [3.05, 3.63) is 65.7 Å². The second kappa shape index (κ2) is 8.13. The number of hydrogen-bond donors (Lipinski definition) is 1. The van der Waals surface area contributed by atoms with E-state index in [2.05, 4.69) is 12.2 Å². The van der Waals surface area contributed by atoms with Gasteiger partial charge in [0.25, 0.3) is 11.8 Å². The van der Waals surface area contributed by atoms with Gasteiger partial charge in [0, 0.05) is 30.4 Å². The van der Waals surface area contributed by atoms with Crippen LogP contribution in [0.25, 0.3) is 0 Å². The molecule has 2 amide bonds. The van der Waals surface area contributed by atoms with Gasteiger partial charge in [0.05, 0.1) is 0 Å². The third kappa shape index (κ3) is 4.68. The van der Waals surface area contributed by atoms with Gasteiger partial charge in [-0.2, -0.15) is 0 Å². The molecule has 23 heavy (non-hydrogen) atoms. The van der Waals surface area contributed by atoms with Gasteiger partial charge in [-0.1, -0.05) is 37.6 Å². The molecule has 0 fully saturated rings. The highest BCUT2D eigenvalue weighted by atomic mass is 16.2. The van der Waals surface area contributed by atoms with Crippen molar-refractivity contribution in [1.29, 1.82) is 0 Å². The van der Waals surface area contributed by atoms with Gasteiger partial charge in [0.1, 0.15) is 0 Å². The largest absolute Gasteiger partial charge is 0.342 e. The van der Waals surface area contributed by atoms with Crippen LogP contribution in [0.3, 0.4) is 0 Å². The molecule has 0 radical (unpaired) electrons. The van der Waals surface area contributed by atoms with Crippen LogP contribution in [0.1, 0.15) is 40.5 Å². The molecule has 2 aromatic rings. The molecule has 0 saturated carbocycles. The van der Waals surface area contributed by atoms with Crippen LogP contribution in [0.2, 0.25) is 0 Å². The highest BCUT2D eigenvalue weighted by molar-refractivity contribution is 6.06. The molecule has 4 nitrogen and oxygen atoms in total. The lowest BCUT2D eigenvalue weighted by molar-refractivity contribution is 0.0793. The summed E-state index contributed by atoms with van der Waals surface area (Å²) in [4.78, 5) is 26.4. The molecule has 0 bridgehead atoms. The van der Waals surface area contributed by atoms with Gasteiger partial charge >= 0.3 is 0 Å². The van der Waals surface area contributed by atoms with Gasteiger partial charge in [-0.3, -0.25) is 9.59 Å². The minimum absolute atomic E-state index is 0.0622. The van der Waals surface area contributed by atoms with Crippen LogP contribution < -0.4 is 5.32 Å². The molecular formula is C19H22N2O2. The first-order valence-electron chi connectivity index (χ1n) is 7.83. The van der Waals surface area contributed by atoms with Crippen molar-refractivity contribution < 1.29 is 9.59 Å². The Morgan fingerprint density at radius 2 is 1.70 bits per heavy atom. The molecule has 0 saturated heterocycles. The Balaban J connectivity index is 2.10. The third-order valence-corrected chi connectivity index (χ3v) is 3.60. The summed E-state index contributed by atoms with van der Waals surface area (Å²) in [7, 11) is 1.79. The number of nitrogens with zero attached hydrogens (tertiary/aromatic N) is 1. The van der Waals surface area contributed by atoms with Crippen molar-refractivity contribution >= 4 is 17.5 Å². The summed E-state index contributed by atoms with van der Waals surface area (Å²) >= 11 is 0. The average molecular weight is 310 g/mol. The molecule has 4 heteroatoms. The van der Waals surface area contributed by atoms with Crippen molar-refractivity contribution in [2.24, 2.45) is 0 Å². The maximum Gasteiger partial charge on any atom is 0.255 e. The number of hydrogen-bond acceptors (Lipinski definition) is 2. The Bertz CT molecular complexity index is 668. The van der Waals surface area contributed by atoms with Gasteiger partial charge in [-0.15, -0.1) is 0 Å². The highest BCUT2D eigenvalue weighted by Crippen LogP contribution is 2.12. The Labute approximate surface area is 137 Å². The topological polar surface area (TPSA) is 49.4 Å². The zero-order chi connectivity index (χ0) is 16.7. The third-order valence-electron chi connectivity index (χ3n) is 3.60. The fourth-order valence-corrected chi connectivity index (χ4v) is 2.24. The van der Waals surface area contributed by atoms with Crippen LogP contribution in [0, 0.1) is 0 Å². The summed E-state index contributed by atoms with van der Waals surface area (Å²) in [5, 5.41) is 2.82. The van der Waals surface area contributed by atoms with E-state index in [9.17, 15) is 9.59 Å². The van der Waals surface area contributed by atoms with E-state index in [0.717, 1.165) is 25.1 Å². The standard InChI is InChI=1S/C19H22N2O2/c1-3-4-13-21(2)19(23)16-10-8-9-15(14-16)18(22)20-17-11-6-5-7-12-17/h5-12,14H,3-4,13H2,1-2H3,(H,20,22). The van der Waals surface area contributed by atoms with Crippen molar-refractivity contribution in [3.8, 4) is 0 Å². The predicted molar refractivity (Wildman–Crippen MR) is 92.7 cm³/mol. The second-order valence-corrected chi connectivity index (χ2v) is 5.48. The monoisotopic (exact) mass is 310 g/mol. The van der Waals surface area contributed by atoms with E-state index in [1.165, 1.54) is 0 Å². The molecule has 120 valence electrons. The molecule has 0 heterocycles. The fraction of sp³-hybridized carbons (Fsp3) is 0.263. The maximum absolute atomic E-state index is 12.4. The zero-order valence-electron chi connectivity index (χ0n) is 13.6. The Morgan fingerprint density at radius 1 is 1.00 bits per heavy atom. The van der Waals surface area contributed by atoms with Crippen LogP contribution in [-0.4, -0.2) is 30.3 Å². The smallest absolute Gasteiger partial charge is 0.255 e. The molecular weight excluding hydrogens is 288 g/mol. The lowest BCUT2D eigenvalue weighted by Crippen LogP contribution is -2.28. The number of para-hydroxylation sites is 1. The highest BCUT2D eigenvalue weighted by Gasteiger charge is 2.14. The van der Waals surface area contributed by atoms with Crippen LogP contribution in [0.5, 0.6) is 0 Å². The van der Waals surface area contributed by atoms with Gasteiger partial charge in [0.2, 0.25) is 0 Å². The summed E-state index contributed by atoms with van der Waals surface area (Å²) in [6.45, 7) is 2.81. The molecule has 2 rings (SSSR count). The molecule has 0 unspecified atom stereocenters. The van der Waals surface area contributed by atoms with Gasteiger partial charge in [0.15, 0.2) is 0 Å². The number of anilines is 1. The number of amides is 2. The van der Waals surface area contributed by atoms with E-state index in [-0.39, 0.29) is 11.8 Å². The van der Waals surface area contributed by atoms with Crippen molar-refractivity contribution in [2.75, 3.05) is 18.9 Å². The van der Waals surface area contributed by atoms with E-state index in [1.807, 2.05) is 30.3 Å². The molecule has 0 atom stereocenters. The van der Waals surface area contributed by atoms with Crippen molar-refractivity contribution in [3.63, 3.8) is 0 Å². The molecule has 0 aromatic heterocycles. The van der Waals surface area contributed by atoms with Gasteiger partial charge < -0.3 is 10.2 Å². The first-order valence-corrected chi connectivity index (χ1v) is 7.83. The van der Waals surface area contributed by atoms with Crippen molar-refractivity contribution in [2.45, 2.75) is 19.8 Å². The normalized spacial score (nSPS) is 10.2. The minimum atomic E-state index is -0.220. The summed E-state index contributed by atoms with van der Waals surface area (Å²) in [6.07, 6.45) is 2.01. The molecule has 2 aromatic carbocycles. The second-order valence-electron chi connectivity index (χ2n) is 5.48. The lowest BCUT2D eigenvalue weighted by atomic mass is 10.1. The minimum Gasteiger partial charge on any atom is -0.342 e. The molecule has 0 aliphatic carbocycles. The molecule has 1 N–H and O–H groups in total. The van der Waals surface area contributed by atoms with Crippen LogP contribution in [0.15, 0.2) is 54.6 Å². The lowest BCUT2D eigenvalue weighted by Gasteiger charge is -2.17. The first-order chi connectivity index (χ1) is 11.1. The summed E-state index contributed by atoms with van der Waals surface area (Å²) < 4.78 is 0. The van der Waals surface area contributed by atoms with E-state index in [0.29, 0.717) is 11.1 Å². The Morgan fingerprint density at radius 3 is 2.39 bits per heavy atom. The SMILES string of the molecule is CCCCN(C)C(=O)c1cccc(C(=O)Nc2ccccc2)c1. The van der Waals surface area contributed by atoms with Crippen molar-refractivity contribution in [1.82, 2.24) is 4.90 Å². The number of rotatable bonds is 6. The molecule has 0 spiro atoms. The number of carbonyl (C=O) groups is 2. The predicted octanol–water partition coefficient (Wildman–Crippen LogP) is 3.81. The summed E-state index contributed by atoms with van der Waals surface area (Å²) in [5.41, 5.74) is 1.74. The van der Waals surface area contributed by atoms with Gasteiger partial charge in [-0.25, -0.2) is 0 Å². The quantitative estimate of drug-likeness (QED) is 0.882. The Hall–Kier alpha value is -2.62. The summed E-state index contributed by atoms with van der Waals surface area (Å²) in [5.74, 6) is -0.283. The Kier molecular flexibility index (Phi) is 5.92. The molecule has 0 aliphatic rings. The summed E-state index contributed by atoms with van der Waals surface area (Å²) in [6, 6.07) is 16.1. The zero-order valence-corrected chi connectivity index (χ0v) is 13.6. The van der Waals surface area contributed by atoms with Crippen LogP contribution in [-0.2, 0) is 0 Å². The van der Waals surface area contributed by atoms with Gasteiger partial charge in [-0.05, 0) is 36.8 Å². The maximum atomic E-state index is 12.4. The fourth-order valence-electron chi connectivity index (χ4n) is 2.24. The number of unbranched alkanes of at least 4 members (excludes halogenated alkanes) is 1. The number of benzene rings is 2. The first kappa shape index (κ1) is 16.7. The van der Waals surface area contributed by atoms with E-state index in [1.54, 1.807) is 36.2 Å². The van der Waals surface area contributed by atoms with E-state index < -0.39 is 0 Å². The average Bonchev–Trinajstić information content (AvgIpc) is 2.60. The van der Waals surface area contributed by atoms with E-state index >= 15 is 0 Å². The number of carbonyl (C=O) groups excluding carboxylic acids is 2. The van der Waals surface area contributed by atoms with Crippen LogP contribution >= 0.6 is 0 Å². The molecule has 0 aliphatic heterocycles. The van der Waals surface area contributed by atoms with E-state index in [4.69, 9.17) is 0 Å².